The van der Waals surface area contributed by atoms with Gasteiger partial charge in [0.25, 0.3) is 0 Å². The standard InChI is InChI=1S/C25H20N4O2S/c1-16-10-12-17(13-11-16)24-29-28-23(31-24)15-14-22(30)26-19-7-3-2-6-18(19)25-27-20-8-4-5-9-21(20)32-25/h2-13H,14-15H2,1H3,(H,26,30). The molecular weight excluding hydrogens is 420 g/mol. The van der Waals surface area contributed by atoms with Crippen molar-refractivity contribution in [3.05, 3.63) is 84.3 Å². The number of rotatable bonds is 6. The van der Waals surface area contributed by atoms with Crippen LogP contribution >= 0.6 is 11.3 Å². The fourth-order valence-corrected chi connectivity index (χ4v) is 4.37. The predicted octanol–water partition coefficient (Wildman–Crippen LogP) is 5.89. The number of thiazole rings is 1. The summed E-state index contributed by atoms with van der Waals surface area (Å²) in [5.41, 5.74) is 4.62. The Morgan fingerprint density at radius 2 is 1.75 bits per heavy atom. The number of para-hydroxylation sites is 2. The first kappa shape index (κ1) is 20.1. The van der Waals surface area contributed by atoms with Crippen LogP contribution in [0.4, 0.5) is 5.69 Å². The van der Waals surface area contributed by atoms with Crippen LogP contribution in [0.25, 0.3) is 32.2 Å². The molecule has 0 saturated heterocycles. The molecular formula is C25H20N4O2S. The quantitative estimate of drug-likeness (QED) is 0.356. The molecule has 0 unspecified atom stereocenters. The second kappa shape index (κ2) is 8.72. The van der Waals surface area contributed by atoms with E-state index in [-0.39, 0.29) is 12.3 Å². The molecule has 0 aliphatic rings. The van der Waals surface area contributed by atoms with Crippen molar-refractivity contribution in [3.63, 3.8) is 0 Å². The lowest BCUT2D eigenvalue weighted by atomic mass is 10.1. The number of aryl methyl sites for hydroxylation is 2. The van der Waals surface area contributed by atoms with Crippen LogP contribution < -0.4 is 5.32 Å². The third-order valence-electron chi connectivity index (χ3n) is 5.06. The molecule has 2 heterocycles. The summed E-state index contributed by atoms with van der Waals surface area (Å²) in [7, 11) is 0. The Balaban J connectivity index is 1.27. The molecule has 6 nitrogen and oxygen atoms in total. The van der Waals surface area contributed by atoms with E-state index in [4.69, 9.17) is 9.40 Å². The van der Waals surface area contributed by atoms with Crippen molar-refractivity contribution in [2.45, 2.75) is 19.8 Å². The van der Waals surface area contributed by atoms with Gasteiger partial charge in [-0.1, -0.05) is 42.0 Å². The maximum Gasteiger partial charge on any atom is 0.247 e. The zero-order valence-corrected chi connectivity index (χ0v) is 18.2. The lowest BCUT2D eigenvalue weighted by Gasteiger charge is -2.08. The van der Waals surface area contributed by atoms with Gasteiger partial charge in [-0.3, -0.25) is 4.79 Å². The van der Waals surface area contributed by atoms with Crippen LogP contribution in [-0.2, 0) is 11.2 Å². The number of carbonyl (C=O) groups is 1. The molecule has 0 bridgehead atoms. The Hall–Kier alpha value is -3.84. The SMILES string of the molecule is Cc1ccc(-c2nnc(CCC(=O)Nc3ccccc3-c3nc4ccccc4s3)o2)cc1. The first-order chi connectivity index (χ1) is 15.7. The van der Waals surface area contributed by atoms with Crippen LogP contribution in [0.5, 0.6) is 0 Å². The second-order valence-electron chi connectivity index (χ2n) is 7.45. The molecule has 32 heavy (non-hydrogen) atoms. The summed E-state index contributed by atoms with van der Waals surface area (Å²) in [6.45, 7) is 2.02. The van der Waals surface area contributed by atoms with E-state index in [0.29, 0.717) is 18.2 Å². The number of benzene rings is 3. The van der Waals surface area contributed by atoms with Gasteiger partial charge in [0, 0.05) is 24.0 Å². The average molecular weight is 441 g/mol. The highest BCUT2D eigenvalue weighted by molar-refractivity contribution is 7.21. The van der Waals surface area contributed by atoms with Gasteiger partial charge in [-0.25, -0.2) is 4.98 Å². The van der Waals surface area contributed by atoms with Gasteiger partial charge >= 0.3 is 0 Å². The molecule has 0 saturated carbocycles. The molecule has 3 aromatic carbocycles. The molecule has 0 fully saturated rings. The number of carbonyl (C=O) groups excluding carboxylic acids is 1. The van der Waals surface area contributed by atoms with Crippen LogP contribution in [0.15, 0.2) is 77.2 Å². The van der Waals surface area contributed by atoms with E-state index < -0.39 is 0 Å². The molecule has 158 valence electrons. The average Bonchev–Trinajstić information content (AvgIpc) is 3.46. The lowest BCUT2D eigenvalue weighted by molar-refractivity contribution is -0.116. The van der Waals surface area contributed by atoms with Crippen LogP contribution in [-0.4, -0.2) is 21.1 Å². The van der Waals surface area contributed by atoms with E-state index in [9.17, 15) is 4.79 Å². The van der Waals surface area contributed by atoms with Gasteiger partial charge in [0.1, 0.15) is 5.01 Å². The van der Waals surface area contributed by atoms with Gasteiger partial charge in [0.2, 0.25) is 17.7 Å². The molecule has 1 N–H and O–H groups in total. The van der Waals surface area contributed by atoms with Gasteiger partial charge in [-0.05, 0) is 43.3 Å². The maximum absolute atomic E-state index is 12.6. The van der Waals surface area contributed by atoms with Crippen LogP contribution in [0, 0.1) is 6.92 Å². The summed E-state index contributed by atoms with van der Waals surface area (Å²) in [4.78, 5) is 17.4. The molecule has 2 aromatic heterocycles. The van der Waals surface area contributed by atoms with Gasteiger partial charge in [0.15, 0.2) is 0 Å². The fourth-order valence-electron chi connectivity index (χ4n) is 3.37. The second-order valence-corrected chi connectivity index (χ2v) is 8.48. The van der Waals surface area contributed by atoms with Gasteiger partial charge in [-0.15, -0.1) is 21.5 Å². The van der Waals surface area contributed by atoms with E-state index in [0.717, 1.165) is 37.6 Å². The summed E-state index contributed by atoms with van der Waals surface area (Å²) < 4.78 is 6.84. The minimum absolute atomic E-state index is 0.117. The first-order valence-electron chi connectivity index (χ1n) is 10.3. The number of anilines is 1. The third kappa shape index (κ3) is 4.29. The van der Waals surface area contributed by atoms with Crippen molar-refractivity contribution in [3.8, 4) is 22.0 Å². The molecule has 5 rings (SSSR count). The molecule has 0 atom stereocenters. The number of nitrogens with one attached hydrogen (secondary N) is 1. The number of nitrogens with zero attached hydrogens (tertiary/aromatic N) is 3. The topological polar surface area (TPSA) is 80.9 Å². The fraction of sp³-hybridized carbons (Fsp3) is 0.120. The number of fused-ring (bicyclic) bond motifs is 1. The lowest BCUT2D eigenvalue weighted by Crippen LogP contribution is -2.13. The molecule has 0 spiro atoms. The first-order valence-corrected chi connectivity index (χ1v) is 11.1. The molecule has 0 aliphatic heterocycles. The molecule has 7 heteroatoms. The summed E-state index contributed by atoms with van der Waals surface area (Å²) in [5, 5.41) is 12.1. The van der Waals surface area contributed by atoms with Crippen LogP contribution in [0.1, 0.15) is 17.9 Å². The molecule has 0 aliphatic carbocycles. The van der Waals surface area contributed by atoms with Crippen molar-refractivity contribution in [1.29, 1.82) is 0 Å². The Bertz CT molecular complexity index is 1360. The van der Waals surface area contributed by atoms with Crippen LogP contribution in [0.3, 0.4) is 0 Å². The number of hydrogen-bond acceptors (Lipinski definition) is 6. The summed E-state index contributed by atoms with van der Waals surface area (Å²) in [6, 6.07) is 23.6. The summed E-state index contributed by atoms with van der Waals surface area (Å²) in [6.07, 6.45) is 0.609. The zero-order valence-electron chi connectivity index (χ0n) is 17.4. The van der Waals surface area contributed by atoms with Gasteiger partial charge in [0.05, 0.1) is 15.9 Å². The number of hydrogen-bond donors (Lipinski definition) is 1. The Morgan fingerprint density at radius 3 is 2.59 bits per heavy atom. The zero-order chi connectivity index (χ0) is 21.9. The van der Waals surface area contributed by atoms with Crippen molar-refractivity contribution >= 4 is 33.1 Å². The molecule has 0 radical (unpaired) electrons. The van der Waals surface area contributed by atoms with E-state index in [1.165, 1.54) is 0 Å². The third-order valence-corrected chi connectivity index (χ3v) is 6.13. The summed E-state index contributed by atoms with van der Waals surface area (Å²) in [5.74, 6) is 0.783. The highest BCUT2D eigenvalue weighted by Crippen LogP contribution is 2.34. The summed E-state index contributed by atoms with van der Waals surface area (Å²) >= 11 is 1.61. The number of aromatic nitrogens is 3. The minimum atomic E-state index is -0.117. The van der Waals surface area contributed by atoms with E-state index in [1.54, 1.807) is 11.3 Å². The number of amides is 1. The van der Waals surface area contributed by atoms with Crippen molar-refractivity contribution in [2.75, 3.05) is 5.32 Å². The molecule has 1 amide bonds. The van der Waals surface area contributed by atoms with Crippen molar-refractivity contribution in [2.24, 2.45) is 0 Å². The smallest absolute Gasteiger partial charge is 0.247 e. The van der Waals surface area contributed by atoms with Crippen molar-refractivity contribution < 1.29 is 9.21 Å². The highest BCUT2D eigenvalue weighted by Gasteiger charge is 2.14. The highest BCUT2D eigenvalue weighted by atomic mass is 32.1. The van der Waals surface area contributed by atoms with Gasteiger partial charge in [-0.2, -0.15) is 0 Å². The van der Waals surface area contributed by atoms with E-state index in [2.05, 4.69) is 15.5 Å². The predicted molar refractivity (Wildman–Crippen MR) is 126 cm³/mol. The van der Waals surface area contributed by atoms with Crippen molar-refractivity contribution in [1.82, 2.24) is 15.2 Å². The van der Waals surface area contributed by atoms with E-state index in [1.807, 2.05) is 79.7 Å². The van der Waals surface area contributed by atoms with Gasteiger partial charge < -0.3 is 9.73 Å². The maximum atomic E-state index is 12.6. The monoisotopic (exact) mass is 440 g/mol. The minimum Gasteiger partial charge on any atom is -0.421 e. The Labute approximate surface area is 189 Å². The Morgan fingerprint density at radius 1 is 0.969 bits per heavy atom. The largest absolute Gasteiger partial charge is 0.421 e. The van der Waals surface area contributed by atoms with Crippen LogP contribution in [0.2, 0.25) is 0 Å². The Kier molecular flexibility index (Phi) is 5.47. The molecule has 5 aromatic rings. The normalized spacial score (nSPS) is 11.0. The van der Waals surface area contributed by atoms with E-state index >= 15 is 0 Å².